The number of nitrogens with zero attached hydrogens (tertiary/aromatic N) is 1. The van der Waals surface area contributed by atoms with Crippen LogP contribution in [0.3, 0.4) is 0 Å². The molecule has 4 nitrogen and oxygen atoms in total. The molecule has 0 saturated heterocycles. The maximum Gasteiger partial charge on any atom is 0.137 e. The molecule has 0 saturated carbocycles. The van der Waals surface area contributed by atoms with Crippen LogP contribution in [0.1, 0.15) is 23.8 Å². The van der Waals surface area contributed by atoms with Gasteiger partial charge in [-0.2, -0.15) is 0 Å². The van der Waals surface area contributed by atoms with Gasteiger partial charge < -0.3 is 18.2 Å². The molecule has 13 rings (SSSR count). The fourth-order valence-corrected chi connectivity index (χ4v) is 10.7. The van der Waals surface area contributed by atoms with Gasteiger partial charge in [0, 0.05) is 81.2 Å². The standard InChI is InChI=1S/C53H31NO3S/c1-3-9-43-49-29(2)48-35(21-25-47-52(48)53-46(58-47)24-17-30-16-22-44(57-43)51(49)50(30)53)31-10-8-11-32(26-31)54(33-19-23-42-39(27-33)37-13-5-7-15-41(37)55-42)34-18-20-38-36-12-4-6-14-40(36)56-45(38)28-34/h3-28H,2H2,1H3/b9-3-. The van der Waals surface area contributed by atoms with Crippen molar-refractivity contribution in [1.29, 1.82) is 0 Å². The van der Waals surface area contributed by atoms with E-state index in [2.05, 4.69) is 132 Å². The molecule has 1 aliphatic rings. The van der Waals surface area contributed by atoms with Gasteiger partial charge in [-0.05, 0) is 113 Å². The lowest BCUT2D eigenvalue weighted by molar-refractivity contribution is 0.603. The van der Waals surface area contributed by atoms with Crippen LogP contribution in [0.25, 0.3) is 109 Å². The molecule has 5 heteroatoms. The van der Waals surface area contributed by atoms with Crippen molar-refractivity contribution < 1.29 is 13.3 Å². The largest absolute Gasteiger partial charge is 0.456 e. The molecule has 0 N–H and O–H groups in total. The van der Waals surface area contributed by atoms with Crippen LogP contribution in [0.2, 0.25) is 0 Å². The van der Waals surface area contributed by atoms with Gasteiger partial charge in [0.25, 0.3) is 0 Å². The lowest BCUT2D eigenvalue weighted by atomic mass is 9.89. The first-order chi connectivity index (χ1) is 28.6. The Bertz CT molecular complexity index is 3790. The highest BCUT2D eigenvalue weighted by Gasteiger charge is 2.29. The molecule has 0 fully saturated rings. The van der Waals surface area contributed by atoms with Crippen molar-refractivity contribution in [1.82, 2.24) is 0 Å². The predicted octanol–water partition coefficient (Wildman–Crippen LogP) is 16.3. The number of furan rings is 3. The van der Waals surface area contributed by atoms with Crippen molar-refractivity contribution in [2.24, 2.45) is 0 Å². The average Bonchev–Trinajstić information content (AvgIpc) is 4.01. The van der Waals surface area contributed by atoms with Crippen molar-refractivity contribution in [3.05, 3.63) is 175 Å². The van der Waals surface area contributed by atoms with E-state index < -0.39 is 0 Å². The molecular weight excluding hydrogens is 731 g/mol. The monoisotopic (exact) mass is 761 g/mol. The molecule has 0 radical (unpaired) electrons. The summed E-state index contributed by atoms with van der Waals surface area (Å²) in [6.07, 6.45) is 4.12. The van der Waals surface area contributed by atoms with Crippen molar-refractivity contribution in [3.63, 3.8) is 0 Å². The number of benzene rings is 8. The highest BCUT2D eigenvalue weighted by atomic mass is 32.1. The minimum absolute atomic E-state index is 0.840. The van der Waals surface area contributed by atoms with E-state index in [-0.39, 0.29) is 0 Å². The molecule has 1 aliphatic carbocycles. The Morgan fingerprint density at radius 2 is 1.17 bits per heavy atom. The van der Waals surface area contributed by atoms with E-state index in [1.807, 2.05) is 48.6 Å². The van der Waals surface area contributed by atoms with Crippen molar-refractivity contribution in [2.45, 2.75) is 6.92 Å². The zero-order chi connectivity index (χ0) is 38.2. The Hall–Kier alpha value is -7.34. The molecule has 4 heterocycles. The second-order valence-corrected chi connectivity index (χ2v) is 16.3. The lowest BCUT2D eigenvalue weighted by Crippen LogP contribution is -2.10. The fourth-order valence-electron chi connectivity index (χ4n) is 9.59. The van der Waals surface area contributed by atoms with E-state index in [1.54, 1.807) is 0 Å². The molecule has 0 atom stereocenters. The van der Waals surface area contributed by atoms with Crippen LogP contribution < -0.4 is 4.90 Å². The van der Waals surface area contributed by atoms with Gasteiger partial charge in [0.05, 0.1) is 0 Å². The number of thiophene rings is 1. The summed E-state index contributed by atoms with van der Waals surface area (Å²) in [6.45, 7) is 6.93. The number of anilines is 3. The third kappa shape index (κ3) is 4.28. The van der Waals surface area contributed by atoms with Crippen LogP contribution in [-0.4, -0.2) is 0 Å². The number of hydrogen-bond acceptors (Lipinski definition) is 5. The number of rotatable bonds is 5. The molecule has 12 aromatic rings. The topological polar surface area (TPSA) is 42.7 Å². The van der Waals surface area contributed by atoms with Crippen LogP contribution in [0, 0.1) is 0 Å². The van der Waals surface area contributed by atoms with Crippen LogP contribution in [0.15, 0.2) is 171 Å². The second kappa shape index (κ2) is 11.6. The Morgan fingerprint density at radius 1 is 0.500 bits per heavy atom. The van der Waals surface area contributed by atoms with Crippen LogP contribution in [0.5, 0.6) is 0 Å². The summed E-state index contributed by atoms with van der Waals surface area (Å²) in [5.74, 6) is 0.840. The molecular formula is C53H31NO3S. The normalized spacial score (nSPS) is 12.9. The smallest absolute Gasteiger partial charge is 0.137 e. The summed E-state index contributed by atoms with van der Waals surface area (Å²) >= 11 is 1.85. The highest BCUT2D eigenvalue weighted by Crippen LogP contribution is 2.53. The Labute approximate surface area is 335 Å². The van der Waals surface area contributed by atoms with Crippen LogP contribution >= 0.6 is 11.3 Å². The van der Waals surface area contributed by atoms with E-state index in [9.17, 15) is 0 Å². The van der Waals surface area contributed by atoms with Crippen LogP contribution in [0.4, 0.5) is 17.1 Å². The van der Waals surface area contributed by atoms with Crippen molar-refractivity contribution >= 4 is 126 Å². The third-order valence-corrected chi connectivity index (χ3v) is 13.2. The summed E-state index contributed by atoms with van der Waals surface area (Å²) in [6, 6.07) is 51.8. The highest BCUT2D eigenvalue weighted by molar-refractivity contribution is 7.26. The van der Waals surface area contributed by atoms with E-state index in [4.69, 9.17) is 19.8 Å². The first kappa shape index (κ1) is 31.8. The maximum atomic E-state index is 6.59. The molecule has 272 valence electrons. The SMILES string of the molecule is C=C1c2c(/C=C\C)oc3ccc4ccc5sc6ccc(-c7cccc(N(c8ccc9c(c8)oc8ccccc89)c8ccc9oc%10ccccc%10c9c8)c7)c1c6c5c4c23. The summed E-state index contributed by atoms with van der Waals surface area (Å²) in [7, 11) is 0. The van der Waals surface area contributed by atoms with E-state index in [0.717, 1.165) is 105 Å². The first-order valence-corrected chi connectivity index (χ1v) is 20.4. The molecule has 0 bridgehead atoms. The minimum atomic E-state index is 0.840. The number of hydrogen-bond donors (Lipinski definition) is 0. The second-order valence-electron chi connectivity index (χ2n) is 15.2. The minimum Gasteiger partial charge on any atom is -0.456 e. The quantitative estimate of drug-likeness (QED) is 0.175. The molecule has 0 amide bonds. The van der Waals surface area contributed by atoms with Gasteiger partial charge in [0.2, 0.25) is 0 Å². The Kier molecular flexibility index (Phi) is 6.37. The first-order valence-electron chi connectivity index (χ1n) is 19.5. The predicted molar refractivity (Wildman–Crippen MR) is 244 cm³/mol. The van der Waals surface area contributed by atoms with Gasteiger partial charge in [0.1, 0.15) is 33.7 Å². The average molecular weight is 762 g/mol. The van der Waals surface area contributed by atoms with E-state index in [0.29, 0.717) is 0 Å². The zero-order valence-corrected chi connectivity index (χ0v) is 32.1. The summed E-state index contributed by atoms with van der Waals surface area (Å²) < 4.78 is 21.9. The van der Waals surface area contributed by atoms with Gasteiger partial charge in [-0.25, -0.2) is 0 Å². The Balaban J connectivity index is 1.06. The lowest BCUT2D eigenvalue weighted by Gasteiger charge is -2.26. The molecule has 0 spiro atoms. The van der Waals surface area contributed by atoms with Gasteiger partial charge in [0.15, 0.2) is 0 Å². The zero-order valence-electron chi connectivity index (χ0n) is 31.3. The number of fused-ring (bicyclic) bond motifs is 6. The van der Waals surface area contributed by atoms with E-state index in [1.165, 1.54) is 30.9 Å². The van der Waals surface area contributed by atoms with Gasteiger partial charge in [-0.1, -0.05) is 79.4 Å². The molecule has 4 aromatic heterocycles. The Morgan fingerprint density at radius 3 is 2.03 bits per heavy atom. The third-order valence-electron chi connectivity index (χ3n) is 12.0. The fraction of sp³-hybridized carbons (Fsp3) is 0.0189. The molecule has 8 aromatic carbocycles. The van der Waals surface area contributed by atoms with Crippen molar-refractivity contribution in [2.75, 3.05) is 4.90 Å². The number of allylic oxidation sites excluding steroid dienone is 1. The number of para-hydroxylation sites is 2. The van der Waals surface area contributed by atoms with Crippen molar-refractivity contribution in [3.8, 4) is 11.1 Å². The molecule has 0 unspecified atom stereocenters. The van der Waals surface area contributed by atoms with Gasteiger partial charge >= 0.3 is 0 Å². The van der Waals surface area contributed by atoms with E-state index >= 15 is 0 Å². The molecule has 0 aliphatic heterocycles. The summed E-state index contributed by atoms with van der Waals surface area (Å²) in [4.78, 5) is 2.32. The van der Waals surface area contributed by atoms with Gasteiger partial charge in [-0.3, -0.25) is 0 Å². The van der Waals surface area contributed by atoms with Gasteiger partial charge in [-0.15, -0.1) is 11.3 Å². The molecule has 58 heavy (non-hydrogen) atoms. The summed E-state index contributed by atoms with van der Waals surface area (Å²) in [5, 5.41) is 10.5. The summed E-state index contributed by atoms with van der Waals surface area (Å²) in [5.41, 5.74) is 12.8. The maximum absolute atomic E-state index is 6.59. The van der Waals surface area contributed by atoms with Crippen LogP contribution in [-0.2, 0) is 0 Å².